The molecule has 0 unspecified atom stereocenters. The van der Waals surface area contributed by atoms with Gasteiger partial charge in [0, 0.05) is 13.1 Å². The van der Waals surface area contributed by atoms with E-state index in [4.69, 9.17) is 14.2 Å². The fourth-order valence-electron chi connectivity index (χ4n) is 1.97. The van der Waals surface area contributed by atoms with Gasteiger partial charge in [-0.05, 0) is 38.5 Å². The second kappa shape index (κ2) is 6.35. The maximum atomic E-state index is 11.9. The van der Waals surface area contributed by atoms with E-state index in [0.717, 1.165) is 17.1 Å². The zero-order valence-electron chi connectivity index (χ0n) is 13.1. The summed E-state index contributed by atoms with van der Waals surface area (Å²) < 4.78 is 16.0. The van der Waals surface area contributed by atoms with Crippen LogP contribution in [-0.4, -0.2) is 24.9 Å². The fraction of sp³-hybridized carbons (Fsp3) is 0.562. The van der Waals surface area contributed by atoms with Crippen molar-refractivity contribution >= 4 is 5.97 Å². The lowest BCUT2D eigenvalue weighted by Crippen LogP contribution is -2.32. The summed E-state index contributed by atoms with van der Waals surface area (Å²) in [6.45, 7) is 9.00. The summed E-state index contributed by atoms with van der Waals surface area (Å²) in [4.78, 5) is 11.9. The van der Waals surface area contributed by atoms with Crippen molar-refractivity contribution in [2.75, 3.05) is 13.3 Å². The van der Waals surface area contributed by atoms with Gasteiger partial charge in [-0.1, -0.05) is 13.0 Å². The number of benzene rings is 1. The molecule has 5 heteroatoms. The Morgan fingerprint density at radius 3 is 2.76 bits per heavy atom. The normalized spacial score (nSPS) is 14.9. The zero-order chi connectivity index (χ0) is 15.5. The number of hydrogen-bond acceptors (Lipinski definition) is 5. The van der Waals surface area contributed by atoms with E-state index in [1.165, 1.54) is 0 Å². The summed E-state index contributed by atoms with van der Waals surface area (Å²) >= 11 is 0. The number of nitrogens with one attached hydrogen (secondary N) is 1. The molecule has 0 saturated heterocycles. The topological polar surface area (TPSA) is 56.8 Å². The van der Waals surface area contributed by atoms with Crippen LogP contribution >= 0.6 is 0 Å². The van der Waals surface area contributed by atoms with Gasteiger partial charge in [0.15, 0.2) is 11.5 Å². The van der Waals surface area contributed by atoms with E-state index in [2.05, 4.69) is 5.32 Å². The van der Waals surface area contributed by atoms with Gasteiger partial charge in [-0.25, -0.2) is 0 Å². The molecule has 1 heterocycles. The fourth-order valence-corrected chi connectivity index (χ4v) is 1.97. The molecule has 1 aliphatic rings. The summed E-state index contributed by atoms with van der Waals surface area (Å²) in [7, 11) is 0. The van der Waals surface area contributed by atoms with E-state index in [0.29, 0.717) is 13.1 Å². The predicted molar refractivity (Wildman–Crippen MR) is 79.3 cm³/mol. The van der Waals surface area contributed by atoms with Crippen LogP contribution in [0.2, 0.25) is 0 Å². The first kappa shape index (κ1) is 15.6. The number of carbonyl (C=O) groups excluding carboxylic acids is 1. The number of esters is 1. The Labute approximate surface area is 125 Å². The second-order valence-electron chi connectivity index (χ2n) is 6.25. The van der Waals surface area contributed by atoms with Crippen molar-refractivity contribution in [3.05, 3.63) is 23.8 Å². The molecule has 116 valence electrons. The van der Waals surface area contributed by atoms with Gasteiger partial charge in [0.1, 0.15) is 5.60 Å². The van der Waals surface area contributed by atoms with Crippen molar-refractivity contribution < 1.29 is 19.0 Å². The van der Waals surface area contributed by atoms with E-state index in [-0.39, 0.29) is 18.7 Å². The molecule has 1 aliphatic heterocycles. The van der Waals surface area contributed by atoms with Crippen molar-refractivity contribution in [2.24, 2.45) is 5.92 Å². The van der Waals surface area contributed by atoms with E-state index >= 15 is 0 Å². The van der Waals surface area contributed by atoms with Crippen LogP contribution in [0.1, 0.15) is 33.3 Å². The summed E-state index contributed by atoms with van der Waals surface area (Å²) in [5.74, 6) is 1.19. The maximum absolute atomic E-state index is 11.9. The first-order valence-corrected chi connectivity index (χ1v) is 7.17. The largest absolute Gasteiger partial charge is 0.460 e. The highest BCUT2D eigenvalue weighted by Crippen LogP contribution is 2.32. The van der Waals surface area contributed by atoms with Gasteiger partial charge in [0.25, 0.3) is 0 Å². The number of fused-ring (bicyclic) bond motifs is 1. The molecule has 0 radical (unpaired) electrons. The Balaban J connectivity index is 1.77. The van der Waals surface area contributed by atoms with Crippen LogP contribution in [-0.2, 0) is 16.1 Å². The molecule has 1 aromatic rings. The quantitative estimate of drug-likeness (QED) is 0.845. The van der Waals surface area contributed by atoms with Crippen LogP contribution in [0.5, 0.6) is 11.5 Å². The third-order valence-electron chi connectivity index (χ3n) is 3.03. The van der Waals surface area contributed by atoms with E-state index in [9.17, 15) is 4.79 Å². The van der Waals surface area contributed by atoms with Crippen LogP contribution in [0, 0.1) is 5.92 Å². The highest BCUT2D eigenvalue weighted by atomic mass is 16.7. The molecule has 0 bridgehead atoms. The molecule has 1 aromatic carbocycles. The monoisotopic (exact) mass is 293 g/mol. The lowest BCUT2D eigenvalue weighted by molar-refractivity contribution is -0.159. The van der Waals surface area contributed by atoms with Crippen LogP contribution in [0.3, 0.4) is 0 Å². The molecule has 0 aliphatic carbocycles. The Hall–Kier alpha value is -1.75. The molecule has 0 spiro atoms. The number of hydrogen-bond donors (Lipinski definition) is 1. The number of rotatable bonds is 5. The van der Waals surface area contributed by atoms with Gasteiger partial charge < -0.3 is 19.5 Å². The van der Waals surface area contributed by atoms with Gasteiger partial charge in [-0.3, -0.25) is 4.79 Å². The highest BCUT2D eigenvalue weighted by Gasteiger charge is 2.21. The smallest absolute Gasteiger partial charge is 0.310 e. The minimum atomic E-state index is -0.442. The molecular weight excluding hydrogens is 270 g/mol. The molecule has 0 fully saturated rings. The highest BCUT2D eigenvalue weighted by molar-refractivity contribution is 5.72. The Bertz CT molecular complexity index is 507. The average Bonchev–Trinajstić information content (AvgIpc) is 2.84. The van der Waals surface area contributed by atoms with Crippen LogP contribution in [0.25, 0.3) is 0 Å². The summed E-state index contributed by atoms with van der Waals surface area (Å²) in [5.41, 5.74) is 0.651. The van der Waals surface area contributed by atoms with Crippen molar-refractivity contribution in [3.8, 4) is 11.5 Å². The number of ether oxygens (including phenoxy) is 3. The molecular formula is C16H23NO4. The average molecular weight is 293 g/mol. The molecule has 0 amide bonds. The number of carbonyl (C=O) groups is 1. The molecule has 5 nitrogen and oxygen atoms in total. The summed E-state index contributed by atoms with van der Waals surface area (Å²) in [6, 6.07) is 5.84. The molecule has 1 atom stereocenters. The Morgan fingerprint density at radius 2 is 2.05 bits per heavy atom. The molecule has 0 saturated carbocycles. The standard InChI is InChI=1S/C16H23NO4/c1-11(15(18)21-16(2,3)4)8-17-9-12-5-6-13-14(7-12)20-10-19-13/h5-7,11,17H,8-10H2,1-4H3/t11-/m0/s1. The first-order valence-electron chi connectivity index (χ1n) is 7.17. The van der Waals surface area contributed by atoms with Gasteiger partial charge in [0.2, 0.25) is 6.79 Å². The van der Waals surface area contributed by atoms with Crippen LogP contribution < -0.4 is 14.8 Å². The lowest BCUT2D eigenvalue weighted by atomic mass is 10.1. The minimum Gasteiger partial charge on any atom is -0.460 e. The van der Waals surface area contributed by atoms with Gasteiger partial charge in [0.05, 0.1) is 5.92 Å². The third kappa shape index (κ3) is 4.63. The van der Waals surface area contributed by atoms with Crippen molar-refractivity contribution in [1.82, 2.24) is 5.32 Å². The molecule has 1 N–H and O–H groups in total. The lowest BCUT2D eigenvalue weighted by Gasteiger charge is -2.22. The molecule has 2 rings (SSSR count). The van der Waals surface area contributed by atoms with Crippen LogP contribution in [0.4, 0.5) is 0 Å². The van der Waals surface area contributed by atoms with Crippen LogP contribution in [0.15, 0.2) is 18.2 Å². The van der Waals surface area contributed by atoms with Gasteiger partial charge >= 0.3 is 5.97 Å². The molecule has 21 heavy (non-hydrogen) atoms. The Kier molecular flexibility index (Phi) is 4.73. The van der Waals surface area contributed by atoms with Gasteiger partial charge in [-0.2, -0.15) is 0 Å². The summed E-state index contributed by atoms with van der Waals surface area (Å²) in [5, 5.41) is 3.26. The van der Waals surface area contributed by atoms with Crippen molar-refractivity contribution in [1.29, 1.82) is 0 Å². The second-order valence-corrected chi connectivity index (χ2v) is 6.25. The third-order valence-corrected chi connectivity index (χ3v) is 3.03. The van der Waals surface area contributed by atoms with E-state index in [1.54, 1.807) is 0 Å². The molecule has 0 aromatic heterocycles. The minimum absolute atomic E-state index is 0.180. The maximum Gasteiger partial charge on any atom is 0.310 e. The first-order chi connectivity index (χ1) is 9.85. The predicted octanol–water partition coefficient (Wildman–Crippen LogP) is 2.48. The Morgan fingerprint density at radius 1 is 1.33 bits per heavy atom. The van der Waals surface area contributed by atoms with Crippen molar-refractivity contribution in [2.45, 2.75) is 39.8 Å². The SMILES string of the molecule is C[C@@H](CNCc1ccc2c(c1)OCO2)C(=O)OC(C)(C)C. The van der Waals surface area contributed by atoms with Gasteiger partial charge in [-0.15, -0.1) is 0 Å². The van der Waals surface area contributed by atoms with E-state index < -0.39 is 5.60 Å². The zero-order valence-corrected chi connectivity index (χ0v) is 13.1. The van der Waals surface area contributed by atoms with E-state index in [1.807, 2.05) is 45.9 Å². The summed E-state index contributed by atoms with van der Waals surface area (Å²) in [6.07, 6.45) is 0. The van der Waals surface area contributed by atoms with Crippen molar-refractivity contribution in [3.63, 3.8) is 0 Å².